The molecule has 0 aliphatic rings. The van der Waals surface area contributed by atoms with Crippen LogP contribution in [0.2, 0.25) is 0 Å². The van der Waals surface area contributed by atoms with Crippen LogP contribution < -0.4 is 5.32 Å². The van der Waals surface area contributed by atoms with Crippen LogP contribution in [0.15, 0.2) is 51.8 Å². The number of aryl methyl sites for hydroxylation is 2. The van der Waals surface area contributed by atoms with E-state index in [9.17, 15) is 4.79 Å². The third-order valence-corrected chi connectivity index (χ3v) is 4.50. The van der Waals surface area contributed by atoms with Gasteiger partial charge in [0.15, 0.2) is 0 Å². The van der Waals surface area contributed by atoms with Gasteiger partial charge in [-0.25, -0.2) is 0 Å². The summed E-state index contributed by atoms with van der Waals surface area (Å²) in [4.78, 5) is 13.3. The highest BCUT2D eigenvalue weighted by atomic mass is 32.2. The summed E-state index contributed by atoms with van der Waals surface area (Å²) < 4.78 is 5.54. The van der Waals surface area contributed by atoms with Gasteiger partial charge in [0.05, 0.1) is 0 Å². The summed E-state index contributed by atoms with van der Waals surface area (Å²) in [6.45, 7) is 4.07. The van der Waals surface area contributed by atoms with Crippen molar-refractivity contribution in [2.24, 2.45) is 0 Å². The smallest absolute Gasteiger partial charge is 0.322 e. The maximum Gasteiger partial charge on any atom is 0.322 e. The minimum atomic E-state index is -0.280. The van der Waals surface area contributed by atoms with E-state index in [0.29, 0.717) is 11.5 Å². The first kappa shape index (κ1) is 16.3. The maximum absolute atomic E-state index is 12.2. The van der Waals surface area contributed by atoms with Crippen LogP contribution in [0.5, 0.6) is 0 Å². The van der Waals surface area contributed by atoms with Gasteiger partial charge in [-0.15, -0.1) is 16.9 Å². The van der Waals surface area contributed by atoms with Crippen LogP contribution in [0.1, 0.15) is 21.5 Å². The zero-order chi connectivity index (χ0) is 17.1. The molecule has 6 heteroatoms. The molecule has 1 heterocycles. The predicted octanol–water partition coefficient (Wildman–Crippen LogP) is 4.33. The fraction of sp³-hybridized carbons (Fsp3) is 0.167. The Bertz CT molecular complexity index is 872. The quantitative estimate of drug-likeness (QED) is 0.717. The zero-order valence-electron chi connectivity index (χ0n) is 13.7. The molecule has 0 fully saturated rings. The molecule has 122 valence electrons. The number of amides is 1. The van der Waals surface area contributed by atoms with Gasteiger partial charge in [-0.1, -0.05) is 11.2 Å². The van der Waals surface area contributed by atoms with Crippen molar-refractivity contribution in [3.63, 3.8) is 0 Å². The fourth-order valence-corrected chi connectivity index (χ4v) is 2.58. The first-order chi connectivity index (χ1) is 11.6. The standard InChI is InChI=1S/C18H17N3O2S/c1-11-4-5-14(10-12(11)2)17-20-21-18(23-17)19-16(22)13-6-8-15(24-3)9-7-13/h4-10H,1-3H3,(H,19,21,22). The van der Waals surface area contributed by atoms with Crippen molar-refractivity contribution in [2.45, 2.75) is 18.7 Å². The molecule has 0 saturated heterocycles. The molecule has 0 aliphatic carbocycles. The molecule has 24 heavy (non-hydrogen) atoms. The summed E-state index contributed by atoms with van der Waals surface area (Å²) in [6, 6.07) is 13.3. The van der Waals surface area contributed by atoms with Gasteiger partial charge in [0.25, 0.3) is 5.91 Å². The molecule has 0 saturated carbocycles. The average Bonchev–Trinajstić information content (AvgIpc) is 3.06. The van der Waals surface area contributed by atoms with Crippen LogP contribution in [0.3, 0.4) is 0 Å². The summed E-state index contributed by atoms with van der Waals surface area (Å²) in [5, 5.41) is 10.5. The van der Waals surface area contributed by atoms with E-state index in [1.54, 1.807) is 23.9 Å². The number of carbonyl (C=O) groups is 1. The molecule has 0 unspecified atom stereocenters. The van der Waals surface area contributed by atoms with E-state index in [1.165, 1.54) is 5.56 Å². The van der Waals surface area contributed by atoms with Crippen LogP contribution in [0.25, 0.3) is 11.5 Å². The van der Waals surface area contributed by atoms with E-state index >= 15 is 0 Å². The molecular formula is C18H17N3O2S. The number of nitrogens with zero attached hydrogens (tertiary/aromatic N) is 2. The SMILES string of the molecule is CSc1ccc(C(=O)Nc2nnc(-c3ccc(C)c(C)c3)o2)cc1. The Labute approximate surface area is 144 Å². The Morgan fingerprint density at radius 1 is 1.04 bits per heavy atom. The average molecular weight is 339 g/mol. The molecule has 3 aromatic rings. The number of carbonyl (C=O) groups excluding carboxylic acids is 1. The third-order valence-electron chi connectivity index (χ3n) is 3.75. The van der Waals surface area contributed by atoms with Gasteiger partial charge >= 0.3 is 6.01 Å². The van der Waals surface area contributed by atoms with E-state index in [4.69, 9.17) is 4.42 Å². The van der Waals surface area contributed by atoms with Crippen molar-refractivity contribution in [1.29, 1.82) is 0 Å². The van der Waals surface area contributed by atoms with Crippen LogP contribution in [0.4, 0.5) is 6.01 Å². The van der Waals surface area contributed by atoms with E-state index in [-0.39, 0.29) is 11.9 Å². The minimum Gasteiger partial charge on any atom is -0.403 e. The minimum absolute atomic E-state index is 0.0853. The van der Waals surface area contributed by atoms with E-state index in [1.807, 2.05) is 50.4 Å². The molecule has 0 bridgehead atoms. The van der Waals surface area contributed by atoms with Gasteiger partial charge in [-0.3, -0.25) is 10.1 Å². The normalized spacial score (nSPS) is 10.6. The molecule has 0 atom stereocenters. The Balaban J connectivity index is 1.75. The number of nitrogens with one attached hydrogen (secondary N) is 1. The monoisotopic (exact) mass is 339 g/mol. The van der Waals surface area contributed by atoms with Gasteiger partial charge in [0.2, 0.25) is 5.89 Å². The van der Waals surface area contributed by atoms with Crippen LogP contribution in [-0.4, -0.2) is 22.4 Å². The summed E-state index contributed by atoms with van der Waals surface area (Å²) in [6.07, 6.45) is 1.99. The first-order valence-electron chi connectivity index (χ1n) is 7.43. The van der Waals surface area contributed by atoms with E-state index in [0.717, 1.165) is 16.0 Å². The lowest BCUT2D eigenvalue weighted by atomic mass is 10.1. The molecule has 0 radical (unpaired) electrons. The van der Waals surface area contributed by atoms with Gasteiger partial charge < -0.3 is 4.42 Å². The molecular weight excluding hydrogens is 322 g/mol. The zero-order valence-corrected chi connectivity index (χ0v) is 14.5. The lowest BCUT2D eigenvalue weighted by molar-refractivity contribution is 0.102. The molecule has 1 aromatic heterocycles. The number of aromatic nitrogens is 2. The topological polar surface area (TPSA) is 68.0 Å². The predicted molar refractivity (Wildman–Crippen MR) is 95.4 cm³/mol. The molecule has 2 aromatic carbocycles. The third kappa shape index (κ3) is 3.49. The first-order valence-corrected chi connectivity index (χ1v) is 8.66. The highest BCUT2D eigenvalue weighted by molar-refractivity contribution is 7.98. The molecule has 0 spiro atoms. The molecule has 1 amide bonds. The van der Waals surface area contributed by atoms with E-state index in [2.05, 4.69) is 15.5 Å². The summed E-state index contributed by atoms with van der Waals surface area (Å²) in [7, 11) is 0. The number of hydrogen-bond acceptors (Lipinski definition) is 5. The van der Waals surface area contributed by atoms with Crippen LogP contribution in [0, 0.1) is 13.8 Å². The van der Waals surface area contributed by atoms with E-state index < -0.39 is 0 Å². The van der Waals surface area contributed by atoms with Crippen molar-refractivity contribution in [3.8, 4) is 11.5 Å². The van der Waals surface area contributed by atoms with Gasteiger partial charge in [-0.05, 0) is 67.6 Å². The molecule has 3 rings (SSSR count). The van der Waals surface area contributed by atoms with Crippen molar-refractivity contribution in [1.82, 2.24) is 10.2 Å². The fourth-order valence-electron chi connectivity index (χ4n) is 2.18. The second kappa shape index (κ2) is 6.88. The Kier molecular flexibility index (Phi) is 4.66. The summed E-state index contributed by atoms with van der Waals surface area (Å²) in [5.74, 6) is 0.101. The summed E-state index contributed by atoms with van der Waals surface area (Å²) in [5.41, 5.74) is 3.71. The lowest BCUT2D eigenvalue weighted by Gasteiger charge is -2.02. The maximum atomic E-state index is 12.2. The van der Waals surface area contributed by atoms with Gasteiger partial charge in [0.1, 0.15) is 0 Å². The number of thioether (sulfide) groups is 1. The summed E-state index contributed by atoms with van der Waals surface area (Å²) >= 11 is 1.62. The molecule has 5 nitrogen and oxygen atoms in total. The number of anilines is 1. The highest BCUT2D eigenvalue weighted by Crippen LogP contribution is 2.23. The number of rotatable bonds is 4. The number of hydrogen-bond donors (Lipinski definition) is 1. The molecule has 1 N–H and O–H groups in total. The van der Waals surface area contributed by atoms with Crippen molar-refractivity contribution < 1.29 is 9.21 Å². The lowest BCUT2D eigenvalue weighted by Crippen LogP contribution is -2.11. The van der Waals surface area contributed by atoms with Crippen LogP contribution >= 0.6 is 11.8 Å². The second-order valence-electron chi connectivity index (χ2n) is 5.39. The van der Waals surface area contributed by atoms with Gasteiger partial charge in [-0.2, -0.15) is 0 Å². The Hall–Kier alpha value is -2.60. The number of benzene rings is 2. The Morgan fingerprint density at radius 3 is 2.46 bits per heavy atom. The van der Waals surface area contributed by atoms with Crippen molar-refractivity contribution in [3.05, 3.63) is 59.2 Å². The second-order valence-corrected chi connectivity index (χ2v) is 6.27. The Morgan fingerprint density at radius 2 is 1.79 bits per heavy atom. The van der Waals surface area contributed by atoms with Gasteiger partial charge in [0, 0.05) is 16.0 Å². The van der Waals surface area contributed by atoms with Crippen molar-refractivity contribution >= 4 is 23.7 Å². The largest absolute Gasteiger partial charge is 0.403 e. The highest BCUT2D eigenvalue weighted by Gasteiger charge is 2.13. The van der Waals surface area contributed by atoms with Crippen molar-refractivity contribution in [2.75, 3.05) is 11.6 Å². The van der Waals surface area contributed by atoms with Crippen LogP contribution in [-0.2, 0) is 0 Å². The molecule has 0 aliphatic heterocycles.